The molecule has 0 aliphatic rings. The van der Waals surface area contributed by atoms with Gasteiger partial charge in [-0.3, -0.25) is 9.78 Å². The molecule has 1 N–H and O–H groups in total. The minimum Gasteiger partial charge on any atom is -0.451 e. The summed E-state index contributed by atoms with van der Waals surface area (Å²) in [6.45, 7) is 1.48. The number of halogens is 1. The second kappa shape index (κ2) is 7.65. The van der Waals surface area contributed by atoms with Gasteiger partial charge in [-0.05, 0) is 18.6 Å². The topological polar surface area (TPSA) is 81.2 Å². The normalized spacial score (nSPS) is 11.5. The number of ether oxygens (including phenoxy) is 1. The number of hydrogen-bond donors (Lipinski definition) is 1. The molecule has 1 heterocycles. The van der Waals surface area contributed by atoms with Gasteiger partial charge in [-0.15, -0.1) is 0 Å². The SMILES string of the molecule is C[C@@H](NC(=O)COC(=O)c1cnccn1)c1ccccc1Br. The van der Waals surface area contributed by atoms with E-state index in [9.17, 15) is 9.59 Å². The van der Waals surface area contributed by atoms with Gasteiger partial charge in [0.05, 0.1) is 12.2 Å². The lowest BCUT2D eigenvalue weighted by Crippen LogP contribution is -2.31. The van der Waals surface area contributed by atoms with Crippen molar-refractivity contribution in [2.75, 3.05) is 6.61 Å². The van der Waals surface area contributed by atoms with Gasteiger partial charge < -0.3 is 10.1 Å². The van der Waals surface area contributed by atoms with Crippen LogP contribution in [0.3, 0.4) is 0 Å². The molecule has 0 unspecified atom stereocenters. The van der Waals surface area contributed by atoms with Crippen LogP contribution in [0.15, 0.2) is 47.3 Å². The molecule has 1 aromatic heterocycles. The average molecular weight is 364 g/mol. The predicted molar refractivity (Wildman–Crippen MR) is 83.0 cm³/mol. The minimum atomic E-state index is -0.684. The van der Waals surface area contributed by atoms with Crippen molar-refractivity contribution >= 4 is 27.8 Å². The van der Waals surface area contributed by atoms with Crippen LogP contribution in [0.1, 0.15) is 29.0 Å². The molecule has 0 aliphatic heterocycles. The summed E-state index contributed by atoms with van der Waals surface area (Å²) in [5, 5.41) is 2.76. The first kappa shape index (κ1) is 16.1. The van der Waals surface area contributed by atoms with Gasteiger partial charge in [0.15, 0.2) is 12.3 Å². The first-order valence-corrected chi connectivity index (χ1v) is 7.34. The van der Waals surface area contributed by atoms with E-state index in [4.69, 9.17) is 4.74 Å². The van der Waals surface area contributed by atoms with Gasteiger partial charge in [-0.25, -0.2) is 9.78 Å². The Morgan fingerprint density at radius 2 is 2.09 bits per heavy atom. The third kappa shape index (κ3) is 4.36. The zero-order valence-electron chi connectivity index (χ0n) is 11.8. The van der Waals surface area contributed by atoms with Crippen molar-refractivity contribution < 1.29 is 14.3 Å². The molecular weight excluding hydrogens is 350 g/mol. The van der Waals surface area contributed by atoms with Gasteiger partial charge >= 0.3 is 5.97 Å². The smallest absolute Gasteiger partial charge is 0.359 e. The Kier molecular flexibility index (Phi) is 5.60. The lowest BCUT2D eigenvalue weighted by atomic mass is 10.1. The van der Waals surface area contributed by atoms with E-state index in [1.807, 2.05) is 31.2 Å². The number of amides is 1. The van der Waals surface area contributed by atoms with Crippen LogP contribution in [0.4, 0.5) is 0 Å². The van der Waals surface area contributed by atoms with E-state index in [-0.39, 0.29) is 24.2 Å². The molecule has 0 bridgehead atoms. The van der Waals surface area contributed by atoms with Gasteiger partial charge in [-0.1, -0.05) is 34.1 Å². The molecule has 1 aromatic carbocycles. The minimum absolute atomic E-state index is 0.0640. The molecule has 114 valence electrons. The fourth-order valence-electron chi connectivity index (χ4n) is 1.80. The van der Waals surface area contributed by atoms with Crippen LogP contribution in [0.25, 0.3) is 0 Å². The maximum atomic E-state index is 11.8. The molecular formula is C15H14BrN3O3. The van der Waals surface area contributed by atoms with Gasteiger partial charge in [0.1, 0.15) is 0 Å². The number of benzene rings is 1. The number of hydrogen-bond acceptors (Lipinski definition) is 5. The lowest BCUT2D eigenvalue weighted by Gasteiger charge is -2.15. The molecule has 0 radical (unpaired) electrons. The van der Waals surface area contributed by atoms with Gasteiger partial charge in [-0.2, -0.15) is 0 Å². The van der Waals surface area contributed by atoms with E-state index in [0.717, 1.165) is 10.0 Å². The molecule has 0 saturated heterocycles. The van der Waals surface area contributed by atoms with Crippen molar-refractivity contribution in [2.24, 2.45) is 0 Å². The number of esters is 1. The lowest BCUT2D eigenvalue weighted by molar-refractivity contribution is -0.124. The second-order valence-corrected chi connectivity index (χ2v) is 5.33. The molecule has 0 aliphatic carbocycles. The monoisotopic (exact) mass is 363 g/mol. The standard InChI is InChI=1S/C15H14BrN3O3/c1-10(11-4-2-3-5-12(11)16)19-14(20)9-22-15(21)13-8-17-6-7-18-13/h2-8,10H,9H2,1H3,(H,19,20)/t10-/m1/s1. The highest BCUT2D eigenvalue weighted by Crippen LogP contribution is 2.22. The van der Waals surface area contributed by atoms with Crippen LogP contribution in [0.2, 0.25) is 0 Å². The van der Waals surface area contributed by atoms with Crippen molar-refractivity contribution in [3.8, 4) is 0 Å². The van der Waals surface area contributed by atoms with Crippen molar-refractivity contribution in [2.45, 2.75) is 13.0 Å². The van der Waals surface area contributed by atoms with Gasteiger partial charge in [0.25, 0.3) is 5.91 Å². The molecule has 1 amide bonds. The summed E-state index contributed by atoms with van der Waals surface area (Å²) in [5.74, 6) is -1.07. The Labute approximate surface area is 136 Å². The molecule has 6 nitrogen and oxygen atoms in total. The quantitative estimate of drug-likeness (QED) is 0.824. The Morgan fingerprint density at radius 3 is 2.77 bits per heavy atom. The predicted octanol–water partition coefficient (Wildman–Crippen LogP) is 2.27. The van der Waals surface area contributed by atoms with Crippen molar-refractivity contribution in [3.05, 3.63) is 58.6 Å². The molecule has 0 fully saturated rings. The number of nitrogens with zero attached hydrogens (tertiary/aromatic N) is 2. The van der Waals surface area contributed by atoms with Gasteiger partial charge in [0, 0.05) is 16.9 Å². The van der Waals surface area contributed by atoms with E-state index >= 15 is 0 Å². The average Bonchev–Trinajstić information content (AvgIpc) is 2.53. The zero-order valence-corrected chi connectivity index (χ0v) is 13.4. The third-order valence-electron chi connectivity index (χ3n) is 2.86. The van der Waals surface area contributed by atoms with E-state index in [1.54, 1.807) is 0 Å². The van der Waals surface area contributed by atoms with Crippen LogP contribution in [-0.4, -0.2) is 28.5 Å². The Balaban J connectivity index is 1.86. The molecule has 2 rings (SSSR count). The number of carbonyl (C=O) groups is 2. The molecule has 0 saturated carbocycles. The third-order valence-corrected chi connectivity index (χ3v) is 3.58. The number of carbonyl (C=O) groups excluding carboxylic acids is 2. The highest BCUT2D eigenvalue weighted by atomic mass is 79.9. The summed E-state index contributed by atoms with van der Waals surface area (Å²) >= 11 is 3.43. The summed E-state index contributed by atoms with van der Waals surface area (Å²) in [4.78, 5) is 31.0. The Bertz CT molecular complexity index is 664. The zero-order chi connectivity index (χ0) is 15.9. The first-order valence-electron chi connectivity index (χ1n) is 6.55. The highest BCUT2D eigenvalue weighted by molar-refractivity contribution is 9.10. The Hall–Kier alpha value is -2.28. The first-order chi connectivity index (χ1) is 10.6. The maximum absolute atomic E-state index is 11.8. The summed E-state index contributed by atoms with van der Waals surface area (Å²) in [5.41, 5.74) is 1.00. The second-order valence-electron chi connectivity index (χ2n) is 4.48. The van der Waals surface area contributed by atoms with E-state index < -0.39 is 5.97 Å². The van der Waals surface area contributed by atoms with E-state index in [2.05, 4.69) is 31.2 Å². The fraction of sp³-hybridized carbons (Fsp3) is 0.200. The van der Waals surface area contributed by atoms with Crippen LogP contribution in [-0.2, 0) is 9.53 Å². The molecule has 2 aromatic rings. The van der Waals surface area contributed by atoms with Crippen LogP contribution < -0.4 is 5.32 Å². The number of rotatable bonds is 5. The highest BCUT2D eigenvalue weighted by Gasteiger charge is 2.15. The van der Waals surface area contributed by atoms with Crippen molar-refractivity contribution in [3.63, 3.8) is 0 Å². The molecule has 7 heteroatoms. The largest absolute Gasteiger partial charge is 0.451 e. The van der Waals surface area contributed by atoms with E-state index in [1.165, 1.54) is 18.6 Å². The Morgan fingerprint density at radius 1 is 1.32 bits per heavy atom. The van der Waals surface area contributed by atoms with Crippen molar-refractivity contribution in [1.82, 2.24) is 15.3 Å². The van der Waals surface area contributed by atoms with E-state index in [0.29, 0.717) is 0 Å². The summed E-state index contributed by atoms with van der Waals surface area (Å²) in [6.07, 6.45) is 4.11. The van der Waals surface area contributed by atoms with Gasteiger partial charge in [0.2, 0.25) is 0 Å². The van der Waals surface area contributed by atoms with Crippen LogP contribution in [0.5, 0.6) is 0 Å². The van der Waals surface area contributed by atoms with Crippen LogP contribution in [0, 0.1) is 0 Å². The molecule has 0 spiro atoms. The van der Waals surface area contributed by atoms with Crippen LogP contribution >= 0.6 is 15.9 Å². The summed E-state index contributed by atoms with van der Waals surface area (Å²) in [7, 11) is 0. The van der Waals surface area contributed by atoms with Crippen molar-refractivity contribution in [1.29, 1.82) is 0 Å². The molecule has 22 heavy (non-hydrogen) atoms. The molecule has 1 atom stereocenters. The maximum Gasteiger partial charge on any atom is 0.359 e. The number of nitrogens with one attached hydrogen (secondary N) is 1. The summed E-state index contributed by atoms with van der Waals surface area (Å²) in [6, 6.07) is 7.37. The summed E-state index contributed by atoms with van der Waals surface area (Å²) < 4.78 is 5.79. The number of aromatic nitrogens is 2. The fourth-order valence-corrected chi connectivity index (χ4v) is 2.42.